The maximum Gasteiger partial charge on any atom is 0.159 e. The Labute approximate surface area is 77.6 Å². The Balaban J connectivity index is 2.91. The molecule has 2 heteroatoms. The molecular formula is C11H11O2. The van der Waals surface area contributed by atoms with Crippen LogP contribution in [0.25, 0.3) is 0 Å². The van der Waals surface area contributed by atoms with Gasteiger partial charge in [0.25, 0.3) is 0 Å². The summed E-state index contributed by atoms with van der Waals surface area (Å²) in [4.78, 5) is 21.7. The maximum absolute atomic E-state index is 11.0. The zero-order chi connectivity index (χ0) is 9.84. The van der Waals surface area contributed by atoms with Gasteiger partial charge in [-0.15, -0.1) is 0 Å². The van der Waals surface area contributed by atoms with Gasteiger partial charge in [0, 0.05) is 18.9 Å². The highest BCUT2D eigenvalue weighted by Gasteiger charge is 2.01. The van der Waals surface area contributed by atoms with Crippen LogP contribution < -0.4 is 0 Å². The van der Waals surface area contributed by atoms with Crippen LogP contribution >= 0.6 is 0 Å². The van der Waals surface area contributed by atoms with Crippen LogP contribution in [0.3, 0.4) is 0 Å². The van der Waals surface area contributed by atoms with Crippen molar-refractivity contribution in [2.45, 2.75) is 13.3 Å². The van der Waals surface area contributed by atoms with Crippen LogP contribution in [0.2, 0.25) is 0 Å². The van der Waals surface area contributed by atoms with Crippen LogP contribution in [0, 0.1) is 6.92 Å². The number of hydrogen-bond donors (Lipinski definition) is 0. The second-order valence-electron chi connectivity index (χ2n) is 2.97. The van der Waals surface area contributed by atoms with Crippen molar-refractivity contribution >= 4 is 11.6 Å². The Morgan fingerprint density at radius 3 is 2.62 bits per heavy atom. The fraction of sp³-hybridized carbons (Fsp3) is 0.182. The molecule has 0 heterocycles. The molecule has 2 nitrogen and oxygen atoms in total. The van der Waals surface area contributed by atoms with E-state index >= 15 is 0 Å². The second-order valence-corrected chi connectivity index (χ2v) is 2.97. The van der Waals surface area contributed by atoms with Gasteiger partial charge in [0.15, 0.2) is 5.78 Å². The first-order valence-electron chi connectivity index (χ1n) is 4.04. The third-order valence-electron chi connectivity index (χ3n) is 1.73. The van der Waals surface area contributed by atoms with Crippen molar-refractivity contribution < 1.29 is 9.59 Å². The highest BCUT2D eigenvalue weighted by atomic mass is 16.1. The van der Waals surface area contributed by atoms with Gasteiger partial charge in [0.1, 0.15) is 5.78 Å². The molecule has 0 N–H and O–H groups in total. The molecule has 0 saturated heterocycles. The third kappa shape index (κ3) is 2.82. The summed E-state index contributed by atoms with van der Waals surface area (Å²) in [7, 11) is 0. The number of benzene rings is 1. The summed E-state index contributed by atoms with van der Waals surface area (Å²) >= 11 is 0. The maximum atomic E-state index is 11.0. The van der Waals surface area contributed by atoms with Crippen molar-refractivity contribution in [2.75, 3.05) is 0 Å². The minimum absolute atomic E-state index is 0.0124. The van der Waals surface area contributed by atoms with E-state index in [1.807, 2.05) is 6.07 Å². The van der Waals surface area contributed by atoms with E-state index in [2.05, 4.69) is 6.92 Å². The molecule has 1 aromatic rings. The Hall–Kier alpha value is -1.44. The molecule has 0 aliphatic heterocycles. The number of Topliss-reactive ketones (excluding diaryl/α,β-unsaturated/α-hetero) is 2. The summed E-state index contributed by atoms with van der Waals surface area (Å²) in [6.45, 7) is 4.79. The molecule has 0 atom stereocenters. The van der Waals surface area contributed by atoms with Gasteiger partial charge in [-0.25, -0.2) is 0 Å². The minimum atomic E-state index is -0.138. The van der Waals surface area contributed by atoms with Gasteiger partial charge in [-0.05, 0) is 18.6 Å². The van der Waals surface area contributed by atoms with E-state index < -0.39 is 0 Å². The highest BCUT2D eigenvalue weighted by Crippen LogP contribution is 2.06. The summed E-state index contributed by atoms with van der Waals surface area (Å²) < 4.78 is 0. The SMILES string of the molecule is [CH2]C(=O)Cc1cccc(C(C)=O)c1. The lowest BCUT2D eigenvalue weighted by molar-refractivity contribution is -0.114. The number of ketones is 2. The van der Waals surface area contributed by atoms with Crippen LogP contribution in [-0.2, 0) is 11.2 Å². The number of carbonyl (C=O) groups excluding carboxylic acids is 2. The molecular weight excluding hydrogens is 164 g/mol. The normalized spacial score (nSPS) is 9.69. The molecule has 13 heavy (non-hydrogen) atoms. The smallest absolute Gasteiger partial charge is 0.159 e. The van der Waals surface area contributed by atoms with Gasteiger partial charge in [0.2, 0.25) is 0 Å². The van der Waals surface area contributed by atoms with Crippen LogP contribution in [0.1, 0.15) is 22.8 Å². The Kier molecular flexibility index (Phi) is 2.96. The quantitative estimate of drug-likeness (QED) is 0.657. The van der Waals surface area contributed by atoms with Crippen molar-refractivity contribution in [3.8, 4) is 0 Å². The molecule has 0 aromatic heterocycles. The molecule has 1 rings (SSSR count). The van der Waals surface area contributed by atoms with Crippen LogP contribution in [0.5, 0.6) is 0 Å². The van der Waals surface area contributed by atoms with E-state index in [0.29, 0.717) is 12.0 Å². The predicted octanol–water partition coefficient (Wildman–Crippen LogP) is 1.83. The predicted molar refractivity (Wildman–Crippen MR) is 50.5 cm³/mol. The summed E-state index contributed by atoms with van der Waals surface area (Å²) in [5.41, 5.74) is 1.48. The zero-order valence-corrected chi connectivity index (χ0v) is 7.54. The van der Waals surface area contributed by atoms with Crippen molar-refractivity contribution in [2.24, 2.45) is 0 Å². The van der Waals surface area contributed by atoms with E-state index in [-0.39, 0.29) is 11.6 Å². The summed E-state index contributed by atoms with van der Waals surface area (Å²) in [6.07, 6.45) is 0.293. The molecule has 1 radical (unpaired) electrons. The molecule has 0 fully saturated rings. The molecule has 0 unspecified atom stereocenters. The fourth-order valence-electron chi connectivity index (χ4n) is 1.13. The third-order valence-corrected chi connectivity index (χ3v) is 1.73. The molecule has 0 amide bonds. The topological polar surface area (TPSA) is 34.1 Å². The van der Waals surface area contributed by atoms with E-state index in [4.69, 9.17) is 0 Å². The molecule has 0 aliphatic rings. The van der Waals surface area contributed by atoms with Gasteiger partial charge < -0.3 is 0 Å². The fourth-order valence-corrected chi connectivity index (χ4v) is 1.13. The van der Waals surface area contributed by atoms with E-state index in [1.165, 1.54) is 6.92 Å². The monoisotopic (exact) mass is 175 g/mol. The highest BCUT2D eigenvalue weighted by molar-refractivity contribution is 5.94. The van der Waals surface area contributed by atoms with Crippen LogP contribution in [0.4, 0.5) is 0 Å². The Morgan fingerprint density at radius 1 is 1.38 bits per heavy atom. The first-order chi connectivity index (χ1) is 6.09. The van der Waals surface area contributed by atoms with Gasteiger partial charge in [-0.3, -0.25) is 9.59 Å². The van der Waals surface area contributed by atoms with Crippen molar-refractivity contribution in [1.29, 1.82) is 0 Å². The summed E-state index contributed by atoms with van der Waals surface area (Å²) in [5, 5.41) is 0. The Bertz CT molecular complexity index is 340. The molecule has 0 bridgehead atoms. The first kappa shape index (κ1) is 9.65. The summed E-state index contributed by atoms with van der Waals surface area (Å²) in [6, 6.07) is 7.05. The molecule has 0 saturated carbocycles. The lowest BCUT2D eigenvalue weighted by atomic mass is 10.0. The number of hydrogen-bond acceptors (Lipinski definition) is 2. The average molecular weight is 175 g/mol. The van der Waals surface area contributed by atoms with E-state index in [0.717, 1.165) is 5.56 Å². The molecule has 0 aliphatic carbocycles. The van der Waals surface area contributed by atoms with E-state index in [1.54, 1.807) is 18.2 Å². The van der Waals surface area contributed by atoms with Gasteiger partial charge in [-0.1, -0.05) is 18.2 Å². The van der Waals surface area contributed by atoms with Crippen molar-refractivity contribution in [3.05, 3.63) is 42.3 Å². The van der Waals surface area contributed by atoms with E-state index in [9.17, 15) is 9.59 Å². The number of rotatable bonds is 3. The summed E-state index contributed by atoms with van der Waals surface area (Å²) in [5.74, 6) is -0.126. The number of carbonyl (C=O) groups is 2. The van der Waals surface area contributed by atoms with Gasteiger partial charge in [0.05, 0.1) is 0 Å². The Morgan fingerprint density at radius 2 is 2.08 bits per heavy atom. The first-order valence-corrected chi connectivity index (χ1v) is 4.04. The zero-order valence-electron chi connectivity index (χ0n) is 7.54. The molecule has 0 spiro atoms. The van der Waals surface area contributed by atoms with Crippen molar-refractivity contribution in [1.82, 2.24) is 0 Å². The molecule has 1 aromatic carbocycles. The standard InChI is InChI=1S/C11H11O2/c1-8(12)6-10-4-3-5-11(7-10)9(2)13/h3-5,7H,1,6H2,2H3. The van der Waals surface area contributed by atoms with Gasteiger partial charge >= 0.3 is 0 Å². The minimum Gasteiger partial charge on any atom is -0.299 e. The molecule has 67 valence electrons. The lowest BCUT2D eigenvalue weighted by Crippen LogP contribution is -1.99. The lowest BCUT2D eigenvalue weighted by Gasteiger charge is -1.99. The van der Waals surface area contributed by atoms with Crippen LogP contribution in [0.15, 0.2) is 24.3 Å². The largest absolute Gasteiger partial charge is 0.299 e. The van der Waals surface area contributed by atoms with Gasteiger partial charge in [-0.2, -0.15) is 0 Å². The van der Waals surface area contributed by atoms with Crippen molar-refractivity contribution in [3.63, 3.8) is 0 Å². The average Bonchev–Trinajstić information content (AvgIpc) is 2.03. The second kappa shape index (κ2) is 3.99. The van der Waals surface area contributed by atoms with Crippen LogP contribution in [-0.4, -0.2) is 11.6 Å².